The Morgan fingerprint density at radius 1 is 1.18 bits per heavy atom. The number of ether oxygens (including phenoxy) is 2. The molecule has 0 N–H and O–H groups in total. The van der Waals surface area contributed by atoms with Crippen LogP contribution in [0.5, 0.6) is 0 Å². The van der Waals surface area contributed by atoms with Gasteiger partial charge in [-0.05, 0) is 30.6 Å². The SMILES string of the molecule is CCCC1COC2(CCC(C(C)(C)C)CC2)O1. The van der Waals surface area contributed by atoms with E-state index in [1.807, 2.05) is 0 Å². The van der Waals surface area contributed by atoms with Crippen molar-refractivity contribution < 1.29 is 9.47 Å². The minimum Gasteiger partial charge on any atom is -0.347 e. The Morgan fingerprint density at radius 2 is 1.82 bits per heavy atom. The van der Waals surface area contributed by atoms with Gasteiger partial charge in [0.2, 0.25) is 0 Å². The summed E-state index contributed by atoms with van der Waals surface area (Å²) in [5.41, 5.74) is 0.434. The van der Waals surface area contributed by atoms with Crippen LogP contribution in [-0.4, -0.2) is 18.5 Å². The molecule has 1 aliphatic heterocycles. The van der Waals surface area contributed by atoms with Crippen LogP contribution in [0.1, 0.15) is 66.2 Å². The summed E-state index contributed by atoms with van der Waals surface area (Å²) < 4.78 is 12.2. The molecule has 2 nitrogen and oxygen atoms in total. The summed E-state index contributed by atoms with van der Waals surface area (Å²) in [7, 11) is 0. The molecule has 17 heavy (non-hydrogen) atoms. The number of hydrogen-bond acceptors (Lipinski definition) is 2. The molecule has 1 atom stereocenters. The van der Waals surface area contributed by atoms with Crippen molar-refractivity contribution in [2.75, 3.05) is 6.61 Å². The largest absolute Gasteiger partial charge is 0.347 e. The Balaban J connectivity index is 1.87. The zero-order valence-electron chi connectivity index (χ0n) is 11.9. The average molecular weight is 240 g/mol. The van der Waals surface area contributed by atoms with E-state index in [-0.39, 0.29) is 5.79 Å². The van der Waals surface area contributed by atoms with Gasteiger partial charge in [0.15, 0.2) is 5.79 Å². The second-order valence-corrected chi connectivity index (χ2v) is 6.89. The summed E-state index contributed by atoms with van der Waals surface area (Å²) in [6.07, 6.45) is 7.37. The van der Waals surface area contributed by atoms with Crippen LogP contribution in [-0.2, 0) is 9.47 Å². The van der Waals surface area contributed by atoms with E-state index < -0.39 is 0 Å². The van der Waals surface area contributed by atoms with Gasteiger partial charge in [0.25, 0.3) is 0 Å². The van der Waals surface area contributed by atoms with Crippen LogP contribution in [0.2, 0.25) is 0 Å². The predicted molar refractivity (Wildman–Crippen MR) is 69.9 cm³/mol. The van der Waals surface area contributed by atoms with Gasteiger partial charge in [0.1, 0.15) is 0 Å². The normalized spacial score (nSPS) is 38.8. The third-order valence-corrected chi connectivity index (χ3v) is 4.50. The highest BCUT2D eigenvalue weighted by molar-refractivity contribution is 4.88. The van der Waals surface area contributed by atoms with Crippen molar-refractivity contribution in [2.24, 2.45) is 11.3 Å². The Bertz CT molecular complexity index is 246. The molecule has 1 spiro atoms. The summed E-state index contributed by atoms with van der Waals surface area (Å²) in [5.74, 6) is 0.618. The molecule has 0 amide bonds. The van der Waals surface area contributed by atoms with Gasteiger partial charge in [-0.3, -0.25) is 0 Å². The van der Waals surface area contributed by atoms with Gasteiger partial charge in [0, 0.05) is 12.8 Å². The van der Waals surface area contributed by atoms with E-state index >= 15 is 0 Å². The maximum absolute atomic E-state index is 6.17. The van der Waals surface area contributed by atoms with Gasteiger partial charge in [-0.2, -0.15) is 0 Å². The fourth-order valence-corrected chi connectivity index (χ4v) is 3.27. The Labute approximate surface area is 106 Å². The molecule has 1 saturated heterocycles. The summed E-state index contributed by atoms with van der Waals surface area (Å²) in [4.78, 5) is 0. The molecule has 1 saturated carbocycles. The minimum absolute atomic E-state index is 0.207. The average Bonchev–Trinajstić information content (AvgIpc) is 2.61. The van der Waals surface area contributed by atoms with Crippen LogP contribution in [0, 0.1) is 11.3 Å². The predicted octanol–water partition coefficient (Wildman–Crippen LogP) is 4.13. The molecule has 1 unspecified atom stereocenters. The maximum atomic E-state index is 6.17. The lowest BCUT2D eigenvalue weighted by molar-refractivity contribution is -0.196. The van der Waals surface area contributed by atoms with Crippen LogP contribution in [0.15, 0.2) is 0 Å². The van der Waals surface area contributed by atoms with Crippen molar-refractivity contribution in [2.45, 2.75) is 78.1 Å². The van der Waals surface area contributed by atoms with Gasteiger partial charge < -0.3 is 9.47 Å². The van der Waals surface area contributed by atoms with Crippen molar-refractivity contribution in [1.82, 2.24) is 0 Å². The highest BCUT2D eigenvalue weighted by atomic mass is 16.7. The van der Waals surface area contributed by atoms with Crippen LogP contribution in [0.4, 0.5) is 0 Å². The first kappa shape index (κ1) is 13.4. The molecule has 0 aromatic rings. The highest BCUT2D eigenvalue weighted by Gasteiger charge is 2.45. The molecular formula is C15H28O2. The van der Waals surface area contributed by atoms with E-state index in [1.165, 1.54) is 19.3 Å². The van der Waals surface area contributed by atoms with Crippen LogP contribution >= 0.6 is 0 Å². The van der Waals surface area contributed by atoms with Gasteiger partial charge in [0.05, 0.1) is 12.7 Å². The zero-order chi connectivity index (χ0) is 12.5. The minimum atomic E-state index is -0.207. The molecule has 2 aliphatic rings. The van der Waals surface area contributed by atoms with Crippen LogP contribution in [0.3, 0.4) is 0 Å². The van der Waals surface area contributed by atoms with Crippen molar-refractivity contribution in [3.8, 4) is 0 Å². The van der Waals surface area contributed by atoms with Crippen molar-refractivity contribution in [1.29, 1.82) is 0 Å². The monoisotopic (exact) mass is 240 g/mol. The fraction of sp³-hybridized carbons (Fsp3) is 1.00. The molecular weight excluding hydrogens is 212 g/mol. The number of hydrogen-bond donors (Lipinski definition) is 0. The quantitative estimate of drug-likeness (QED) is 0.722. The van der Waals surface area contributed by atoms with E-state index in [4.69, 9.17) is 9.47 Å². The third-order valence-electron chi connectivity index (χ3n) is 4.50. The highest BCUT2D eigenvalue weighted by Crippen LogP contribution is 2.45. The molecule has 0 radical (unpaired) electrons. The molecule has 0 bridgehead atoms. The molecule has 2 heteroatoms. The summed E-state index contributed by atoms with van der Waals surface area (Å²) >= 11 is 0. The van der Waals surface area contributed by atoms with E-state index in [9.17, 15) is 0 Å². The summed E-state index contributed by atoms with van der Waals surface area (Å²) in [5, 5.41) is 0. The topological polar surface area (TPSA) is 18.5 Å². The van der Waals surface area contributed by atoms with Crippen molar-refractivity contribution in [3.05, 3.63) is 0 Å². The molecule has 2 rings (SSSR count). The first-order valence-electron chi connectivity index (χ1n) is 7.27. The van der Waals surface area contributed by atoms with Crippen LogP contribution in [0.25, 0.3) is 0 Å². The number of rotatable bonds is 2. The van der Waals surface area contributed by atoms with E-state index in [0.717, 1.165) is 31.8 Å². The van der Waals surface area contributed by atoms with Crippen molar-refractivity contribution in [3.63, 3.8) is 0 Å². The first-order valence-corrected chi connectivity index (χ1v) is 7.27. The van der Waals surface area contributed by atoms with Gasteiger partial charge in [-0.1, -0.05) is 34.1 Å². The zero-order valence-corrected chi connectivity index (χ0v) is 11.9. The summed E-state index contributed by atoms with van der Waals surface area (Å²) in [6.45, 7) is 10.1. The lowest BCUT2D eigenvalue weighted by Gasteiger charge is -2.41. The second kappa shape index (κ2) is 4.89. The Morgan fingerprint density at radius 3 is 2.35 bits per heavy atom. The first-order chi connectivity index (χ1) is 7.95. The fourth-order valence-electron chi connectivity index (χ4n) is 3.27. The van der Waals surface area contributed by atoms with Gasteiger partial charge >= 0.3 is 0 Å². The smallest absolute Gasteiger partial charge is 0.168 e. The standard InChI is InChI=1S/C15H28O2/c1-5-6-13-11-16-15(17-13)9-7-12(8-10-15)14(2,3)4/h12-13H,5-11H2,1-4H3. The molecule has 1 aliphatic carbocycles. The molecule has 2 fully saturated rings. The second-order valence-electron chi connectivity index (χ2n) is 6.89. The summed E-state index contributed by atoms with van der Waals surface area (Å²) in [6, 6.07) is 0. The maximum Gasteiger partial charge on any atom is 0.168 e. The van der Waals surface area contributed by atoms with Crippen molar-refractivity contribution >= 4 is 0 Å². The Hall–Kier alpha value is -0.0800. The molecule has 1 heterocycles. The Kier molecular flexibility index (Phi) is 3.84. The van der Waals surface area contributed by atoms with Crippen LogP contribution < -0.4 is 0 Å². The molecule has 0 aromatic carbocycles. The van der Waals surface area contributed by atoms with Gasteiger partial charge in [-0.25, -0.2) is 0 Å². The lowest BCUT2D eigenvalue weighted by Crippen LogP contribution is -2.38. The van der Waals surface area contributed by atoms with Gasteiger partial charge in [-0.15, -0.1) is 0 Å². The van der Waals surface area contributed by atoms with E-state index in [0.29, 0.717) is 11.5 Å². The van der Waals surface area contributed by atoms with E-state index in [2.05, 4.69) is 27.7 Å². The van der Waals surface area contributed by atoms with E-state index in [1.54, 1.807) is 0 Å². The third kappa shape index (κ3) is 3.03. The lowest BCUT2D eigenvalue weighted by atomic mass is 9.71. The molecule has 0 aromatic heterocycles. The molecule has 100 valence electrons.